The molecule has 4 nitrogen and oxygen atoms in total. The quantitative estimate of drug-likeness (QED) is 0.774. The summed E-state index contributed by atoms with van der Waals surface area (Å²) in [7, 11) is 0. The van der Waals surface area contributed by atoms with Gasteiger partial charge in [0, 0.05) is 0 Å². The Labute approximate surface area is 97.8 Å². The monoisotopic (exact) mass is 246 g/mol. The number of ether oxygens (including phenoxy) is 1. The molecule has 1 N–H and O–H groups in total. The molecular formula is C10H12ClFN2O2. The summed E-state index contributed by atoms with van der Waals surface area (Å²) in [6.07, 6.45) is -0.664. The molecule has 0 fully saturated rings. The van der Waals surface area contributed by atoms with Crippen molar-refractivity contribution in [2.24, 2.45) is 0 Å². The number of nitrogens with one attached hydrogen (secondary N) is 1. The Morgan fingerprint density at radius 2 is 2.12 bits per heavy atom. The molecule has 0 saturated carbocycles. The summed E-state index contributed by atoms with van der Waals surface area (Å²) in [5, 5.41) is 2.05. The molecule has 88 valence electrons. The van der Waals surface area contributed by atoms with E-state index in [0.717, 1.165) is 6.07 Å². The van der Waals surface area contributed by atoms with Crippen LogP contribution < -0.4 is 5.32 Å². The van der Waals surface area contributed by atoms with Crippen LogP contribution in [0, 0.1) is 5.82 Å². The molecule has 0 unspecified atom stereocenters. The lowest BCUT2D eigenvalue weighted by Crippen LogP contribution is -2.27. The number of rotatable bonds is 1. The van der Waals surface area contributed by atoms with Gasteiger partial charge in [-0.25, -0.2) is 14.2 Å². The lowest BCUT2D eigenvalue weighted by molar-refractivity contribution is 0.0635. The number of halogens is 2. The van der Waals surface area contributed by atoms with Gasteiger partial charge in [0.2, 0.25) is 0 Å². The fourth-order valence-corrected chi connectivity index (χ4v) is 1.05. The smallest absolute Gasteiger partial charge is 0.413 e. The standard InChI is InChI=1S/C10H12ClFN2O2/c1-10(2,3)16-9(15)14-7-5-4-6(12)8(11)13-7/h4-5H,1-3H3,(H,13,14,15). The number of aromatic nitrogens is 1. The lowest BCUT2D eigenvalue weighted by atomic mass is 10.2. The third-order valence-electron chi connectivity index (χ3n) is 1.43. The first kappa shape index (κ1) is 12.7. The third-order valence-corrected chi connectivity index (χ3v) is 1.70. The first-order valence-electron chi connectivity index (χ1n) is 4.60. The Hall–Kier alpha value is -1.36. The number of hydrogen-bond acceptors (Lipinski definition) is 3. The molecule has 16 heavy (non-hydrogen) atoms. The second-order valence-electron chi connectivity index (χ2n) is 4.10. The number of pyridine rings is 1. The van der Waals surface area contributed by atoms with Crippen molar-refractivity contribution < 1.29 is 13.9 Å². The van der Waals surface area contributed by atoms with E-state index in [-0.39, 0.29) is 11.0 Å². The molecule has 1 aromatic heterocycles. The number of nitrogens with zero attached hydrogens (tertiary/aromatic N) is 1. The Balaban J connectivity index is 2.67. The van der Waals surface area contributed by atoms with Crippen molar-refractivity contribution in [3.63, 3.8) is 0 Å². The van der Waals surface area contributed by atoms with Crippen LogP contribution in [0.3, 0.4) is 0 Å². The number of anilines is 1. The zero-order valence-electron chi connectivity index (χ0n) is 9.17. The van der Waals surface area contributed by atoms with Crippen molar-refractivity contribution in [3.05, 3.63) is 23.1 Å². The molecule has 0 bridgehead atoms. The number of hydrogen-bond donors (Lipinski definition) is 1. The molecule has 1 amide bonds. The summed E-state index contributed by atoms with van der Waals surface area (Å²) in [6.45, 7) is 5.20. The highest BCUT2D eigenvalue weighted by molar-refractivity contribution is 6.29. The van der Waals surface area contributed by atoms with Gasteiger partial charge in [-0.1, -0.05) is 11.6 Å². The van der Waals surface area contributed by atoms with Gasteiger partial charge < -0.3 is 4.74 Å². The van der Waals surface area contributed by atoms with Crippen LogP contribution in [0.2, 0.25) is 5.15 Å². The Bertz CT molecular complexity index is 404. The largest absolute Gasteiger partial charge is 0.444 e. The average molecular weight is 247 g/mol. The molecule has 1 rings (SSSR count). The molecule has 0 aliphatic carbocycles. The predicted molar refractivity (Wildman–Crippen MR) is 59.1 cm³/mol. The van der Waals surface area contributed by atoms with Crippen molar-refractivity contribution in [2.75, 3.05) is 5.32 Å². The van der Waals surface area contributed by atoms with Gasteiger partial charge in [-0.15, -0.1) is 0 Å². The molecular weight excluding hydrogens is 235 g/mol. The second-order valence-corrected chi connectivity index (χ2v) is 4.45. The number of carbonyl (C=O) groups is 1. The molecule has 0 spiro atoms. The SMILES string of the molecule is CC(C)(C)OC(=O)Nc1ccc(F)c(Cl)n1. The Morgan fingerprint density at radius 1 is 1.50 bits per heavy atom. The van der Waals surface area contributed by atoms with Gasteiger partial charge in [-0.2, -0.15) is 0 Å². The fourth-order valence-electron chi connectivity index (χ4n) is 0.895. The summed E-state index contributed by atoms with van der Waals surface area (Å²) >= 11 is 5.45. The number of carbonyl (C=O) groups excluding carboxylic acids is 1. The van der Waals surface area contributed by atoms with Crippen LogP contribution in [0.25, 0.3) is 0 Å². The van der Waals surface area contributed by atoms with E-state index in [1.165, 1.54) is 6.07 Å². The highest BCUT2D eigenvalue weighted by Gasteiger charge is 2.16. The molecule has 0 atom stereocenters. The van der Waals surface area contributed by atoms with E-state index >= 15 is 0 Å². The summed E-state index contributed by atoms with van der Waals surface area (Å²) in [6, 6.07) is 2.41. The first-order valence-corrected chi connectivity index (χ1v) is 4.98. The van der Waals surface area contributed by atoms with Crippen molar-refractivity contribution in [1.82, 2.24) is 4.98 Å². The minimum Gasteiger partial charge on any atom is -0.444 e. The van der Waals surface area contributed by atoms with Crippen LogP contribution in [-0.4, -0.2) is 16.7 Å². The topological polar surface area (TPSA) is 51.2 Å². The molecule has 0 aliphatic heterocycles. The van der Waals surface area contributed by atoms with E-state index < -0.39 is 17.5 Å². The maximum Gasteiger partial charge on any atom is 0.413 e. The predicted octanol–water partition coefficient (Wildman–Crippen LogP) is 3.22. The van der Waals surface area contributed by atoms with Gasteiger partial charge in [-0.3, -0.25) is 5.32 Å². The lowest BCUT2D eigenvalue weighted by Gasteiger charge is -2.19. The minimum atomic E-state index is -0.664. The van der Waals surface area contributed by atoms with Crippen LogP contribution in [-0.2, 0) is 4.74 Å². The fraction of sp³-hybridized carbons (Fsp3) is 0.400. The van der Waals surface area contributed by atoms with Gasteiger partial charge in [0.1, 0.15) is 11.4 Å². The van der Waals surface area contributed by atoms with E-state index in [4.69, 9.17) is 16.3 Å². The van der Waals surface area contributed by atoms with E-state index in [1.54, 1.807) is 20.8 Å². The highest BCUT2D eigenvalue weighted by atomic mass is 35.5. The van der Waals surface area contributed by atoms with Gasteiger partial charge in [0.15, 0.2) is 11.0 Å². The van der Waals surface area contributed by atoms with Gasteiger partial charge >= 0.3 is 6.09 Å². The molecule has 0 aromatic carbocycles. The van der Waals surface area contributed by atoms with E-state index in [1.807, 2.05) is 0 Å². The van der Waals surface area contributed by atoms with E-state index in [2.05, 4.69) is 10.3 Å². The second kappa shape index (κ2) is 4.65. The van der Waals surface area contributed by atoms with Crippen LogP contribution in [0.4, 0.5) is 15.0 Å². The molecule has 0 saturated heterocycles. The van der Waals surface area contributed by atoms with Gasteiger partial charge in [-0.05, 0) is 32.9 Å². The Morgan fingerprint density at radius 3 is 2.62 bits per heavy atom. The normalized spacial score (nSPS) is 11.1. The minimum absolute atomic E-state index is 0.139. The Kier molecular flexibility index (Phi) is 3.70. The summed E-state index contributed by atoms with van der Waals surface area (Å²) < 4.78 is 17.8. The van der Waals surface area contributed by atoms with Crippen molar-refractivity contribution in [1.29, 1.82) is 0 Å². The van der Waals surface area contributed by atoms with Crippen molar-refractivity contribution >= 4 is 23.5 Å². The van der Waals surface area contributed by atoms with Crippen LogP contribution in [0.1, 0.15) is 20.8 Å². The molecule has 0 aliphatic rings. The third kappa shape index (κ3) is 4.02. The first-order chi connectivity index (χ1) is 7.28. The van der Waals surface area contributed by atoms with Gasteiger partial charge in [0.05, 0.1) is 0 Å². The van der Waals surface area contributed by atoms with Crippen molar-refractivity contribution in [3.8, 4) is 0 Å². The maximum absolute atomic E-state index is 12.8. The summed E-state index contributed by atoms with van der Waals surface area (Å²) in [5.74, 6) is -0.503. The molecule has 0 radical (unpaired) electrons. The van der Waals surface area contributed by atoms with Crippen LogP contribution in [0.15, 0.2) is 12.1 Å². The van der Waals surface area contributed by atoms with Gasteiger partial charge in [0.25, 0.3) is 0 Å². The summed E-state index contributed by atoms with van der Waals surface area (Å²) in [5.41, 5.74) is -0.603. The molecule has 1 heterocycles. The van der Waals surface area contributed by atoms with Crippen molar-refractivity contribution in [2.45, 2.75) is 26.4 Å². The maximum atomic E-state index is 12.8. The molecule has 1 aromatic rings. The van der Waals surface area contributed by atoms with Crippen LogP contribution >= 0.6 is 11.6 Å². The average Bonchev–Trinajstić information content (AvgIpc) is 2.08. The zero-order valence-corrected chi connectivity index (χ0v) is 9.93. The zero-order chi connectivity index (χ0) is 12.3. The molecule has 6 heteroatoms. The highest BCUT2D eigenvalue weighted by Crippen LogP contribution is 2.15. The van der Waals surface area contributed by atoms with E-state index in [9.17, 15) is 9.18 Å². The van der Waals surface area contributed by atoms with Crippen LogP contribution in [0.5, 0.6) is 0 Å². The summed E-state index contributed by atoms with van der Waals surface area (Å²) in [4.78, 5) is 14.9. The number of amides is 1. The van der Waals surface area contributed by atoms with E-state index in [0.29, 0.717) is 0 Å².